The molecule has 104 valence electrons. The Morgan fingerprint density at radius 3 is 2.74 bits per heavy atom. The van der Waals surface area contributed by atoms with Gasteiger partial charge in [0.15, 0.2) is 0 Å². The van der Waals surface area contributed by atoms with Crippen LogP contribution in [0.3, 0.4) is 0 Å². The summed E-state index contributed by atoms with van der Waals surface area (Å²) in [6, 6.07) is 6.00. The Labute approximate surface area is 112 Å². The summed E-state index contributed by atoms with van der Waals surface area (Å²) >= 11 is 0. The molecule has 5 heteroatoms. The molecule has 0 unspecified atom stereocenters. The van der Waals surface area contributed by atoms with Crippen LogP contribution in [0.5, 0.6) is 0 Å². The lowest BCUT2D eigenvalue weighted by atomic mass is 10.0. The fraction of sp³-hybridized carbons (Fsp3) is 0.500. The second-order valence-corrected chi connectivity index (χ2v) is 5.56. The van der Waals surface area contributed by atoms with Crippen molar-refractivity contribution in [2.75, 3.05) is 13.1 Å². The molecule has 0 amide bonds. The van der Waals surface area contributed by atoms with Crippen LogP contribution < -0.4 is 16.7 Å². The monoisotopic (exact) mass is 262 g/mol. The quantitative estimate of drug-likeness (QED) is 0.629. The second kappa shape index (κ2) is 5.59. The summed E-state index contributed by atoms with van der Waals surface area (Å²) in [4.78, 5) is 16.7. The minimum absolute atomic E-state index is 0.0707. The largest absolute Gasteiger partial charge is 0.330 e. The Kier molecular flexibility index (Phi) is 4.07. The summed E-state index contributed by atoms with van der Waals surface area (Å²) in [5, 5.41) is 3.50. The number of hydrogen-bond donors (Lipinski definition) is 4. The van der Waals surface area contributed by atoms with Gasteiger partial charge in [0.05, 0.1) is 11.0 Å². The molecule has 0 atom stereocenters. The number of imidazole rings is 1. The lowest BCUT2D eigenvalue weighted by molar-refractivity contribution is 0.370. The predicted octanol–water partition coefficient (Wildman–Crippen LogP) is 1.12. The summed E-state index contributed by atoms with van der Waals surface area (Å²) in [7, 11) is 0. The fourth-order valence-corrected chi connectivity index (χ4v) is 2.23. The van der Waals surface area contributed by atoms with Crippen molar-refractivity contribution in [3.8, 4) is 0 Å². The zero-order valence-corrected chi connectivity index (χ0v) is 11.5. The van der Waals surface area contributed by atoms with Crippen LogP contribution in [0, 0.1) is 0 Å². The summed E-state index contributed by atoms with van der Waals surface area (Å²) in [6.07, 6.45) is 1.88. The number of hydrogen-bond acceptors (Lipinski definition) is 3. The van der Waals surface area contributed by atoms with Crippen molar-refractivity contribution in [2.24, 2.45) is 5.73 Å². The first-order chi connectivity index (χ1) is 9.00. The minimum Gasteiger partial charge on any atom is -0.330 e. The smallest absolute Gasteiger partial charge is 0.323 e. The maximum Gasteiger partial charge on any atom is 0.323 e. The van der Waals surface area contributed by atoms with Gasteiger partial charge in [-0.2, -0.15) is 0 Å². The zero-order chi connectivity index (χ0) is 13.9. The van der Waals surface area contributed by atoms with Gasteiger partial charge in [-0.25, -0.2) is 4.79 Å². The number of benzene rings is 1. The van der Waals surface area contributed by atoms with Crippen LogP contribution in [0.25, 0.3) is 11.0 Å². The lowest BCUT2D eigenvalue weighted by Gasteiger charge is -2.25. The van der Waals surface area contributed by atoms with Gasteiger partial charge in [0.25, 0.3) is 0 Å². The highest BCUT2D eigenvalue weighted by Gasteiger charge is 2.14. The van der Waals surface area contributed by atoms with Crippen LogP contribution in [0.4, 0.5) is 0 Å². The third-order valence-electron chi connectivity index (χ3n) is 3.37. The number of nitrogens with one attached hydrogen (secondary N) is 3. The van der Waals surface area contributed by atoms with Crippen molar-refractivity contribution in [3.05, 3.63) is 34.2 Å². The number of H-pyrrole nitrogens is 2. The lowest BCUT2D eigenvalue weighted by Crippen LogP contribution is -2.41. The van der Waals surface area contributed by atoms with Crippen molar-refractivity contribution in [1.82, 2.24) is 15.3 Å². The molecule has 1 heterocycles. The Bertz CT molecular complexity index is 597. The minimum atomic E-state index is -0.158. The maximum absolute atomic E-state index is 11.2. The van der Waals surface area contributed by atoms with Crippen molar-refractivity contribution in [2.45, 2.75) is 32.2 Å². The molecular weight excluding hydrogens is 240 g/mol. The molecule has 0 bridgehead atoms. The molecule has 0 aliphatic carbocycles. The fourth-order valence-electron chi connectivity index (χ4n) is 2.23. The summed E-state index contributed by atoms with van der Waals surface area (Å²) < 4.78 is 0. The van der Waals surface area contributed by atoms with Crippen molar-refractivity contribution < 1.29 is 0 Å². The van der Waals surface area contributed by atoms with Gasteiger partial charge < -0.3 is 21.0 Å². The maximum atomic E-state index is 11.2. The summed E-state index contributed by atoms with van der Waals surface area (Å²) in [6.45, 7) is 5.91. The highest BCUT2D eigenvalue weighted by molar-refractivity contribution is 5.74. The molecule has 1 aromatic heterocycles. The normalized spacial score (nSPS) is 12.2. The molecule has 19 heavy (non-hydrogen) atoms. The van der Waals surface area contributed by atoms with E-state index < -0.39 is 0 Å². The van der Waals surface area contributed by atoms with E-state index in [2.05, 4.69) is 29.1 Å². The zero-order valence-electron chi connectivity index (χ0n) is 11.5. The van der Waals surface area contributed by atoms with E-state index in [-0.39, 0.29) is 11.2 Å². The van der Waals surface area contributed by atoms with E-state index in [1.54, 1.807) is 0 Å². The van der Waals surface area contributed by atoms with E-state index >= 15 is 0 Å². The molecule has 0 aliphatic rings. The SMILES string of the molecule is CC(C)(CCN)NCCc1ccc2[nH]c(=O)[nH]c2c1. The van der Waals surface area contributed by atoms with Gasteiger partial charge >= 0.3 is 5.69 Å². The third-order valence-corrected chi connectivity index (χ3v) is 3.37. The van der Waals surface area contributed by atoms with Gasteiger partial charge in [0.2, 0.25) is 0 Å². The molecule has 0 aliphatic heterocycles. The first kappa shape index (κ1) is 13.8. The van der Waals surface area contributed by atoms with Crippen molar-refractivity contribution in [1.29, 1.82) is 0 Å². The van der Waals surface area contributed by atoms with E-state index in [4.69, 9.17) is 5.73 Å². The molecule has 0 spiro atoms. The van der Waals surface area contributed by atoms with Gasteiger partial charge in [0.1, 0.15) is 0 Å². The van der Waals surface area contributed by atoms with Crippen LogP contribution in [0.2, 0.25) is 0 Å². The summed E-state index contributed by atoms with van der Waals surface area (Å²) in [5.74, 6) is 0. The van der Waals surface area contributed by atoms with E-state index in [0.717, 1.165) is 30.4 Å². The Hall–Kier alpha value is -1.59. The number of rotatable bonds is 6. The molecule has 5 N–H and O–H groups in total. The van der Waals surface area contributed by atoms with E-state index in [1.807, 2.05) is 18.2 Å². The second-order valence-electron chi connectivity index (χ2n) is 5.56. The molecule has 0 fully saturated rings. The average molecular weight is 262 g/mol. The first-order valence-corrected chi connectivity index (χ1v) is 6.66. The van der Waals surface area contributed by atoms with Crippen LogP contribution in [-0.2, 0) is 6.42 Å². The Balaban J connectivity index is 1.96. The van der Waals surface area contributed by atoms with E-state index in [0.29, 0.717) is 6.54 Å². The Morgan fingerprint density at radius 2 is 2.00 bits per heavy atom. The molecule has 2 rings (SSSR count). The standard InChI is InChI=1S/C14H22N4O/c1-14(2,6-7-15)16-8-5-10-3-4-11-12(9-10)18-13(19)17-11/h3-4,9,16H,5-8,15H2,1-2H3,(H2,17,18,19). The van der Waals surface area contributed by atoms with Gasteiger partial charge in [-0.15, -0.1) is 0 Å². The van der Waals surface area contributed by atoms with Crippen LogP contribution in [-0.4, -0.2) is 28.6 Å². The number of aromatic amines is 2. The van der Waals surface area contributed by atoms with E-state index in [1.165, 1.54) is 5.56 Å². The molecule has 1 aromatic carbocycles. The molecule has 0 radical (unpaired) electrons. The van der Waals surface area contributed by atoms with E-state index in [9.17, 15) is 4.79 Å². The van der Waals surface area contributed by atoms with Gasteiger partial charge in [-0.3, -0.25) is 0 Å². The Morgan fingerprint density at radius 1 is 1.26 bits per heavy atom. The highest BCUT2D eigenvalue weighted by Crippen LogP contribution is 2.11. The third kappa shape index (κ3) is 3.68. The van der Waals surface area contributed by atoms with Crippen LogP contribution >= 0.6 is 0 Å². The van der Waals surface area contributed by atoms with Gasteiger partial charge in [-0.1, -0.05) is 6.07 Å². The number of fused-ring (bicyclic) bond motifs is 1. The number of aromatic nitrogens is 2. The molecule has 0 saturated carbocycles. The molecule has 0 saturated heterocycles. The van der Waals surface area contributed by atoms with Crippen LogP contribution in [0.1, 0.15) is 25.8 Å². The molecule has 5 nitrogen and oxygen atoms in total. The number of nitrogens with two attached hydrogens (primary N) is 1. The van der Waals surface area contributed by atoms with Crippen molar-refractivity contribution >= 4 is 11.0 Å². The summed E-state index contributed by atoms with van der Waals surface area (Å²) in [5.41, 5.74) is 8.42. The van der Waals surface area contributed by atoms with Crippen molar-refractivity contribution in [3.63, 3.8) is 0 Å². The average Bonchev–Trinajstić information content (AvgIpc) is 2.68. The predicted molar refractivity (Wildman–Crippen MR) is 78.4 cm³/mol. The van der Waals surface area contributed by atoms with Crippen LogP contribution in [0.15, 0.2) is 23.0 Å². The molecule has 2 aromatic rings. The highest BCUT2D eigenvalue weighted by atomic mass is 16.1. The first-order valence-electron chi connectivity index (χ1n) is 6.66. The van der Waals surface area contributed by atoms with Gasteiger partial charge in [0, 0.05) is 5.54 Å². The molecular formula is C14H22N4O. The topological polar surface area (TPSA) is 86.7 Å². The van der Waals surface area contributed by atoms with Gasteiger partial charge in [-0.05, 0) is 57.5 Å².